The highest BCUT2D eigenvalue weighted by Crippen LogP contribution is 2.28. The summed E-state index contributed by atoms with van der Waals surface area (Å²) in [5.74, 6) is 1.02. The highest BCUT2D eigenvalue weighted by atomic mass is 79.9. The van der Waals surface area contributed by atoms with Crippen molar-refractivity contribution in [2.75, 3.05) is 26.2 Å². The Labute approximate surface area is 186 Å². The SMILES string of the molecule is O=C(c1ccccc1OCc1ccccc1Br)N1CCN(C(=O)C2CCCC2)CC1. The molecule has 2 aromatic rings. The van der Waals surface area contributed by atoms with Crippen LogP contribution in [-0.4, -0.2) is 47.8 Å². The number of ether oxygens (including phenoxy) is 1. The van der Waals surface area contributed by atoms with Crippen molar-refractivity contribution in [2.45, 2.75) is 32.3 Å². The number of carbonyl (C=O) groups excluding carboxylic acids is 2. The van der Waals surface area contributed by atoms with Crippen LogP contribution in [0.2, 0.25) is 0 Å². The van der Waals surface area contributed by atoms with Crippen molar-refractivity contribution in [3.05, 3.63) is 64.1 Å². The van der Waals surface area contributed by atoms with Crippen LogP contribution in [0.3, 0.4) is 0 Å². The molecule has 0 unspecified atom stereocenters. The summed E-state index contributed by atoms with van der Waals surface area (Å²) in [5.41, 5.74) is 1.60. The van der Waals surface area contributed by atoms with Gasteiger partial charge in [0.2, 0.25) is 5.91 Å². The first-order valence-electron chi connectivity index (χ1n) is 10.7. The molecule has 30 heavy (non-hydrogen) atoms. The molecule has 5 nitrogen and oxygen atoms in total. The van der Waals surface area contributed by atoms with Crippen LogP contribution in [-0.2, 0) is 11.4 Å². The van der Waals surface area contributed by atoms with Crippen LogP contribution in [0.1, 0.15) is 41.6 Å². The Bertz CT molecular complexity index is 903. The van der Waals surface area contributed by atoms with Crippen LogP contribution < -0.4 is 4.74 Å². The molecule has 4 rings (SSSR count). The van der Waals surface area contributed by atoms with Gasteiger partial charge < -0.3 is 14.5 Å². The van der Waals surface area contributed by atoms with Gasteiger partial charge in [-0.05, 0) is 31.0 Å². The number of nitrogens with zero attached hydrogens (tertiary/aromatic N) is 2. The lowest BCUT2D eigenvalue weighted by Gasteiger charge is -2.36. The van der Waals surface area contributed by atoms with Crippen molar-refractivity contribution < 1.29 is 14.3 Å². The van der Waals surface area contributed by atoms with Crippen LogP contribution in [0, 0.1) is 5.92 Å². The molecule has 0 spiro atoms. The first-order valence-corrected chi connectivity index (χ1v) is 11.5. The lowest BCUT2D eigenvalue weighted by molar-refractivity contribution is -0.136. The third-order valence-corrected chi connectivity index (χ3v) is 6.82. The summed E-state index contributed by atoms with van der Waals surface area (Å²) in [5, 5.41) is 0. The maximum Gasteiger partial charge on any atom is 0.257 e. The molecule has 1 aliphatic heterocycles. The second kappa shape index (κ2) is 9.65. The predicted octanol–water partition coefficient (Wildman–Crippen LogP) is 4.50. The van der Waals surface area contributed by atoms with Gasteiger partial charge in [0, 0.05) is 42.1 Å². The second-order valence-corrected chi connectivity index (χ2v) is 8.83. The van der Waals surface area contributed by atoms with Crippen molar-refractivity contribution >= 4 is 27.7 Å². The minimum absolute atomic E-state index is 0.0364. The lowest BCUT2D eigenvalue weighted by atomic mass is 10.1. The van der Waals surface area contributed by atoms with E-state index in [0.29, 0.717) is 44.1 Å². The fraction of sp³-hybridized carbons (Fsp3) is 0.417. The number of amides is 2. The molecule has 1 saturated carbocycles. The minimum atomic E-state index is -0.0364. The van der Waals surface area contributed by atoms with E-state index >= 15 is 0 Å². The number of hydrogen-bond acceptors (Lipinski definition) is 3. The van der Waals surface area contributed by atoms with E-state index in [2.05, 4.69) is 15.9 Å². The van der Waals surface area contributed by atoms with Crippen LogP contribution in [0.15, 0.2) is 53.0 Å². The molecule has 0 radical (unpaired) electrons. The van der Waals surface area contributed by atoms with Gasteiger partial charge in [0.1, 0.15) is 12.4 Å². The Kier molecular flexibility index (Phi) is 6.72. The number of hydrogen-bond donors (Lipinski definition) is 0. The van der Waals surface area contributed by atoms with Crippen LogP contribution in [0.4, 0.5) is 0 Å². The fourth-order valence-corrected chi connectivity index (χ4v) is 4.67. The van der Waals surface area contributed by atoms with Crippen molar-refractivity contribution in [3.63, 3.8) is 0 Å². The van der Waals surface area contributed by atoms with Crippen LogP contribution in [0.25, 0.3) is 0 Å². The van der Waals surface area contributed by atoms with Gasteiger partial charge in [-0.15, -0.1) is 0 Å². The van der Waals surface area contributed by atoms with E-state index < -0.39 is 0 Å². The van der Waals surface area contributed by atoms with Gasteiger partial charge in [0.25, 0.3) is 5.91 Å². The maximum absolute atomic E-state index is 13.2. The molecule has 1 saturated heterocycles. The maximum atomic E-state index is 13.2. The number of para-hydroxylation sites is 1. The number of benzene rings is 2. The molecule has 2 fully saturated rings. The number of rotatable bonds is 5. The second-order valence-electron chi connectivity index (χ2n) is 7.98. The molecule has 6 heteroatoms. The summed E-state index contributed by atoms with van der Waals surface area (Å²) in [7, 11) is 0. The van der Waals surface area contributed by atoms with E-state index in [0.717, 1.165) is 35.7 Å². The van der Waals surface area contributed by atoms with Gasteiger partial charge in [-0.25, -0.2) is 0 Å². The molecule has 158 valence electrons. The Balaban J connectivity index is 1.38. The van der Waals surface area contributed by atoms with Crippen LogP contribution in [0.5, 0.6) is 5.75 Å². The molecule has 2 amide bonds. The normalized spacial score (nSPS) is 17.2. The van der Waals surface area contributed by atoms with Crippen molar-refractivity contribution in [1.82, 2.24) is 9.80 Å². The topological polar surface area (TPSA) is 49.9 Å². The molecule has 0 aromatic heterocycles. The fourth-order valence-electron chi connectivity index (χ4n) is 4.27. The first-order chi connectivity index (χ1) is 14.6. The lowest BCUT2D eigenvalue weighted by Crippen LogP contribution is -2.51. The Hall–Kier alpha value is -2.34. The molecular formula is C24H27BrN2O3. The summed E-state index contributed by atoms with van der Waals surface area (Å²) in [6, 6.07) is 15.3. The molecule has 1 heterocycles. The zero-order valence-corrected chi connectivity index (χ0v) is 18.6. The molecular weight excluding hydrogens is 444 g/mol. The third kappa shape index (κ3) is 4.69. The Morgan fingerprint density at radius 1 is 0.900 bits per heavy atom. The van der Waals surface area contributed by atoms with Gasteiger partial charge in [0.15, 0.2) is 0 Å². The minimum Gasteiger partial charge on any atom is -0.488 e. The van der Waals surface area contributed by atoms with Gasteiger partial charge in [-0.3, -0.25) is 9.59 Å². The third-order valence-electron chi connectivity index (χ3n) is 6.04. The first kappa shape index (κ1) is 20.9. The summed E-state index contributed by atoms with van der Waals surface area (Å²) in [6.45, 7) is 2.74. The molecule has 1 aliphatic carbocycles. The summed E-state index contributed by atoms with van der Waals surface area (Å²) < 4.78 is 6.98. The largest absolute Gasteiger partial charge is 0.488 e. The van der Waals surface area contributed by atoms with Gasteiger partial charge in [0.05, 0.1) is 5.56 Å². The number of halogens is 1. The average Bonchev–Trinajstić information content (AvgIpc) is 3.33. The Morgan fingerprint density at radius 2 is 1.53 bits per heavy atom. The molecule has 2 aromatic carbocycles. The van der Waals surface area contributed by atoms with Gasteiger partial charge >= 0.3 is 0 Å². The predicted molar refractivity (Wildman–Crippen MR) is 119 cm³/mol. The van der Waals surface area contributed by atoms with E-state index in [1.165, 1.54) is 0 Å². The molecule has 2 aliphatic rings. The standard InChI is InChI=1S/C24H27BrN2O3/c25-21-11-5-3-9-19(21)17-30-22-12-6-4-10-20(22)24(29)27-15-13-26(14-16-27)23(28)18-7-1-2-8-18/h3-6,9-12,18H,1-2,7-8,13-17H2. The van der Waals surface area contributed by atoms with E-state index in [9.17, 15) is 9.59 Å². The van der Waals surface area contributed by atoms with E-state index in [1.807, 2.05) is 58.3 Å². The molecule has 0 atom stereocenters. The van der Waals surface area contributed by atoms with Crippen molar-refractivity contribution in [2.24, 2.45) is 5.92 Å². The number of piperazine rings is 1. The summed E-state index contributed by atoms with van der Waals surface area (Å²) in [4.78, 5) is 29.6. The van der Waals surface area contributed by atoms with E-state index in [-0.39, 0.29) is 17.7 Å². The van der Waals surface area contributed by atoms with Crippen molar-refractivity contribution in [1.29, 1.82) is 0 Å². The molecule has 0 N–H and O–H groups in total. The highest BCUT2D eigenvalue weighted by Gasteiger charge is 2.31. The van der Waals surface area contributed by atoms with Crippen LogP contribution >= 0.6 is 15.9 Å². The summed E-state index contributed by atoms with van der Waals surface area (Å²) >= 11 is 3.53. The van der Waals surface area contributed by atoms with E-state index in [4.69, 9.17) is 4.74 Å². The van der Waals surface area contributed by atoms with Gasteiger partial charge in [-0.1, -0.05) is 59.1 Å². The number of carbonyl (C=O) groups is 2. The Morgan fingerprint density at radius 3 is 2.27 bits per heavy atom. The summed E-state index contributed by atoms with van der Waals surface area (Å²) in [6.07, 6.45) is 4.34. The zero-order chi connectivity index (χ0) is 20.9. The monoisotopic (exact) mass is 470 g/mol. The van der Waals surface area contributed by atoms with Gasteiger partial charge in [-0.2, -0.15) is 0 Å². The quantitative estimate of drug-likeness (QED) is 0.645. The highest BCUT2D eigenvalue weighted by molar-refractivity contribution is 9.10. The average molecular weight is 471 g/mol. The van der Waals surface area contributed by atoms with E-state index in [1.54, 1.807) is 0 Å². The smallest absolute Gasteiger partial charge is 0.257 e. The van der Waals surface area contributed by atoms with Crippen molar-refractivity contribution in [3.8, 4) is 5.75 Å². The molecule has 0 bridgehead atoms. The zero-order valence-electron chi connectivity index (χ0n) is 17.1.